The number of nitrogens with one attached hydrogen (secondary N) is 1. The number of aryl methyl sites for hydroxylation is 1. The van der Waals surface area contributed by atoms with Gasteiger partial charge in [0.1, 0.15) is 11.6 Å². The molecule has 1 amide bonds. The van der Waals surface area contributed by atoms with Gasteiger partial charge in [0.15, 0.2) is 0 Å². The fourth-order valence-corrected chi connectivity index (χ4v) is 3.38. The molecule has 0 atom stereocenters. The van der Waals surface area contributed by atoms with Gasteiger partial charge in [-0.05, 0) is 43.4 Å². The molecule has 0 spiro atoms. The number of aromatic nitrogens is 2. The summed E-state index contributed by atoms with van der Waals surface area (Å²) < 4.78 is 7.41. The smallest absolute Gasteiger partial charge is 0.259 e. The summed E-state index contributed by atoms with van der Waals surface area (Å²) >= 11 is 0. The van der Waals surface area contributed by atoms with Gasteiger partial charge < -0.3 is 19.5 Å². The van der Waals surface area contributed by atoms with E-state index in [2.05, 4.69) is 28.6 Å². The number of amides is 1. The van der Waals surface area contributed by atoms with Crippen LogP contribution in [0.1, 0.15) is 30.0 Å². The number of imidazole rings is 1. The van der Waals surface area contributed by atoms with Crippen molar-refractivity contribution in [1.29, 1.82) is 0 Å². The summed E-state index contributed by atoms with van der Waals surface area (Å²) in [6.07, 6.45) is 0.899. The van der Waals surface area contributed by atoms with Gasteiger partial charge in [-0.2, -0.15) is 0 Å². The lowest BCUT2D eigenvalue weighted by Crippen LogP contribution is -2.26. The van der Waals surface area contributed by atoms with Crippen LogP contribution in [0.15, 0.2) is 42.5 Å². The number of hydrogen-bond donors (Lipinski definition) is 1. The molecule has 0 radical (unpaired) electrons. The van der Waals surface area contributed by atoms with Crippen molar-refractivity contribution in [3.05, 3.63) is 53.9 Å². The highest BCUT2D eigenvalue weighted by Gasteiger charge is 2.14. The van der Waals surface area contributed by atoms with Crippen molar-refractivity contribution in [3.63, 3.8) is 0 Å². The summed E-state index contributed by atoms with van der Waals surface area (Å²) in [5, 5.41) is 2.95. The normalized spacial score (nSPS) is 11.2. The number of methoxy groups -OCH3 is 1. The highest BCUT2D eigenvalue weighted by molar-refractivity contribution is 6.06. The topological polar surface area (TPSA) is 59.4 Å². The molecule has 1 aromatic heterocycles. The molecule has 0 fully saturated rings. The van der Waals surface area contributed by atoms with Gasteiger partial charge in [-0.3, -0.25) is 4.79 Å². The average Bonchev–Trinajstić information content (AvgIpc) is 3.03. The summed E-state index contributed by atoms with van der Waals surface area (Å²) in [6.45, 7) is 7.42. The molecule has 0 saturated carbocycles. The molecule has 0 aliphatic heterocycles. The second kappa shape index (κ2) is 8.89. The van der Waals surface area contributed by atoms with E-state index in [0.29, 0.717) is 11.3 Å². The third-order valence-electron chi connectivity index (χ3n) is 5.13. The number of anilines is 1. The molecule has 0 aliphatic carbocycles. The first kappa shape index (κ1) is 19.9. The quantitative estimate of drug-likeness (QED) is 0.647. The van der Waals surface area contributed by atoms with Gasteiger partial charge in [0.05, 0.1) is 23.7 Å². The van der Waals surface area contributed by atoms with Crippen molar-refractivity contribution in [2.75, 3.05) is 32.1 Å². The molecule has 148 valence electrons. The van der Waals surface area contributed by atoms with Crippen LogP contribution in [0.4, 0.5) is 5.69 Å². The third-order valence-corrected chi connectivity index (χ3v) is 5.13. The Hall–Kier alpha value is -2.86. The number of hydrogen-bond acceptors (Lipinski definition) is 4. The average molecular weight is 380 g/mol. The Morgan fingerprint density at radius 3 is 2.64 bits per heavy atom. The lowest BCUT2D eigenvalue weighted by Gasteiger charge is -2.17. The zero-order valence-electron chi connectivity index (χ0n) is 17.0. The maximum absolute atomic E-state index is 12.6. The van der Waals surface area contributed by atoms with E-state index in [1.165, 1.54) is 0 Å². The van der Waals surface area contributed by atoms with E-state index >= 15 is 0 Å². The van der Waals surface area contributed by atoms with E-state index in [4.69, 9.17) is 9.72 Å². The van der Waals surface area contributed by atoms with Crippen molar-refractivity contribution in [2.24, 2.45) is 7.05 Å². The number of nitrogens with zero attached hydrogens (tertiary/aromatic N) is 3. The molecule has 0 saturated heterocycles. The highest BCUT2D eigenvalue weighted by atomic mass is 16.5. The van der Waals surface area contributed by atoms with Gasteiger partial charge in [-0.15, -0.1) is 0 Å². The molecule has 3 rings (SSSR count). The molecule has 0 bridgehead atoms. The first-order valence-electron chi connectivity index (χ1n) is 9.69. The summed E-state index contributed by atoms with van der Waals surface area (Å²) in [6, 6.07) is 13.0. The highest BCUT2D eigenvalue weighted by Crippen LogP contribution is 2.23. The zero-order valence-corrected chi connectivity index (χ0v) is 17.0. The number of likely N-dealkylation sites (N-methyl/N-ethyl adjacent to an activating group) is 1. The molecule has 0 unspecified atom stereocenters. The Morgan fingerprint density at radius 2 is 1.93 bits per heavy atom. The number of rotatable bonds is 8. The fraction of sp³-hybridized carbons (Fsp3) is 0.364. The maximum Gasteiger partial charge on any atom is 0.259 e. The van der Waals surface area contributed by atoms with Crippen LogP contribution < -0.4 is 10.1 Å². The molecule has 2 aromatic carbocycles. The molecule has 0 aliphatic rings. The lowest BCUT2D eigenvalue weighted by molar-refractivity contribution is 0.102. The first-order valence-corrected chi connectivity index (χ1v) is 9.69. The predicted molar refractivity (Wildman–Crippen MR) is 113 cm³/mol. The second-order valence-corrected chi connectivity index (χ2v) is 6.72. The molecular weight excluding hydrogens is 352 g/mol. The molecule has 3 aromatic rings. The number of fused-ring (bicyclic) bond motifs is 1. The number of para-hydroxylation sites is 1. The van der Waals surface area contributed by atoms with Gasteiger partial charge in [0, 0.05) is 25.7 Å². The van der Waals surface area contributed by atoms with Crippen LogP contribution in [-0.2, 0) is 13.5 Å². The number of carbonyl (C=O) groups excluding carboxylic acids is 1. The predicted octanol–water partition coefficient (Wildman–Crippen LogP) is 3.72. The summed E-state index contributed by atoms with van der Waals surface area (Å²) in [7, 11) is 3.60. The van der Waals surface area contributed by atoms with E-state index in [-0.39, 0.29) is 5.91 Å². The van der Waals surface area contributed by atoms with Crippen molar-refractivity contribution in [1.82, 2.24) is 14.5 Å². The maximum atomic E-state index is 12.6. The van der Waals surface area contributed by atoms with Crippen molar-refractivity contribution in [3.8, 4) is 5.75 Å². The SMILES string of the molecule is CCN(CC)CCc1nc2cc(NC(=O)c3ccccc3OC)ccc2n1C. The van der Waals surface area contributed by atoms with Gasteiger partial charge in [-0.1, -0.05) is 26.0 Å². The van der Waals surface area contributed by atoms with E-state index in [1.54, 1.807) is 19.2 Å². The van der Waals surface area contributed by atoms with Gasteiger partial charge >= 0.3 is 0 Å². The van der Waals surface area contributed by atoms with Crippen molar-refractivity contribution in [2.45, 2.75) is 20.3 Å². The minimum absolute atomic E-state index is 0.200. The Bertz CT molecular complexity index is 960. The molecule has 6 nitrogen and oxygen atoms in total. The van der Waals surface area contributed by atoms with Crippen LogP contribution in [0.5, 0.6) is 5.75 Å². The van der Waals surface area contributed by atoms with Crippen LogP contribution in [0.3, 0.4) is 0 Å². The summed E-state index contributed by atoms with van der Waals surface area (Å²) in [5.41, 5.74) is 3.17. The Labute approximate surface area is 166 Å². The largest absolute Gasteiger partial charge is 0.496 e. The number of benzene rings is 2. The van der Waals surface area contributed by atoms with Crippen LogP contribution in [0.25, 0.3) is 11.0 Å². The molecule has 28 heavy (non-hydrogen) atoms. The van der Waals surface area contributed by atoms with Gasteiger partial charge in [-0.25, -0.2) is 4.98 Å². The van der Waals surface area contributed by atoms with Gasteiger partial charge in [0.25, 0.3) is 5.91 Å². The first-order chi connectivity index (χ1) is 13.6. The Morgan fingerprint density at radius 1 is 1.18 bits per heavy atom. The number of ether oxygens (including phenoxy) is 1. The standard InChI is InChI=1S/C22H28N4O2/c1-5-26(6-2)14-13-21-24-18-15-16(11-12-19(18)25(21)3)23-22(27)17-9-7-8-10-20(17)28-4/h7-12,15H,5-6,13-14H2,1-4H3,(H,23,27). The number of carbonyl (C=O) groups is 1. The monoisotopic (exact) mass is 380 g/mol. The van der Waals surface area contributed by atoms with E-state index in [1.807, 2.05) is 37.4 Å². The summed E-state index contributed by atoms with van der Waals surface area (Å²) in [4.78, 5) is 19.8. The summed E-state index contributed by atoms with van der Waals surface area (Å²) in [5.74, 6) is 1.40. The second-order valence-electron chi connectivity index (χ2n) is 6.72. The van der Waals surface area contributed by atoms with Crippen LogP contribution >= 0.6 is 0 Å². The van der Waals surface area contributed by atoms with E-state index in [0.717, 1.165) is 48.6 Å². The zero-order chi connectivity index (χ0) is 20.1. The fourth-order valence-electron chi connectivity index (χ4n) is 3.38. The Kier molecular flexibility index (Phi) is 6.31. The minimum atomic E-state index is -0.200. The van der Waals surface area contributed by atoms with Crippen molar-refractivity contribution < 1.29 is 9.53 Å². The Balaban J connectivity index is 1.79. The van der Waals surface area contributed by atoms with Crippen molar-refractivity contribution >= 4 is 22.6 Å². The van der Waals surface area contributed by atoms with E-state index in [9.17, 15) is 4.79 Å². The molecular formula is C22H28N4O2. The van der Waals surface area contributed by atoms with E-state index < -0.39 is 0 Å². The molecule has 1 N–H and O–H groups in total. The van der Waals surface area contributed by atoms with Crippen LogP contribution in [0, 0.1) is 0 Å². The molecule has 1 heterocycles. The molecule has 6 heteroatoms. The van der Waals surface area contributed by atoms with Crippen LogP contribution in [0.2, 0.25) is 0 Å². The lowest BCUT2D eigenvalue weighted by atomic mass is 10.2. The minimum Gasteiger partial charge on any atom is -0.496 e. The van der Waals surface area contributed by atoms with Gasteiger partial charge in [0.2, 0.25) is 0 Å². The van der Waals surface area contributed by atoms with Crippen LogP contribution in [-0.4, -0.2) is 47.1 Å². The third kappa shape index (κ3) is 4.17.